The van der Waals surface area contributed by atoms with Crippen LogP contribution in [0.1, 0.15) is 12.8 Å². The van der Waals surface area contributed by atoms with Gasteiger partial charge in [-0.2, -0.15) is 0 Å². The molecule has 1 aliphatic heterocycles. The van der Waals surface area contributed by atoms with Crippen molar-refractivity contribution >= 4 is 23.5 Å². The van der Waals surface area contributed by atoms with Crippen LogP contribution in [-0.4, -0.2) is 46.8 Å². The highest BCUT2D eigenvalue weighted by Crippen LogP contribution is 2.31. The molecule has 1 saturated heterocycles. The quantitative estimate of drug-likeness (QED) is 0.543. The molecule has 2 heterocycles. The van der Waals surface area contributed by atoms with E-state index in [1.54, 1.807) is 12.3 Å². The number of hydrogen-bond acceptors (Lipinski definition) is 6. The second-order valence-electron chi connectivity index (χ2n) is 6.52. The van der Waals surface area contributed by atoms with Crippen molar-refractivity contribution in [1.82, 2.24) is 10.3 Å². The zero-order valence-electron chi connectivity index (χ0n) is 16.5. The minimum atomic E-state index is -1.26. The lowest BCUT2D eigenvalue weighted by molar-refractivity contribution is -0.134. The van der Waals surface area contributed by atoms with Gasteiger partial charge in [0.1, 0.15) is 11.6 Å². The second-order valence-corrected chi connectivity index (χ2v) is 6.93. The summed E-state index contributed by atoms with van der Waals surface area (Å²) in [5.74, 6) is -1.19. The maximum Gasteiger partial charge on any atom is 0.328 e. The van der Waals surface area contributed by atoms with Crippen molar-refractivity contribution in [1.29, 1.82) is 0 Å². The van der Waals surface area contributed by atoms with Crippen molar-refractivity contribution in [2.75, 3.05) is 19.7 Å². The Bertz CT molecular complexity index is 902. The van der Waals surface area contributed by atoms with Crippen LogP contribution < -0.4 is 14.8 Å². The molecule has 1 aromatic carbocycles. The molecule has 0 spiro atoms. The molecule has 1 aliphatic rings. The van der Waals surface area contributed by atoms with Gasteiger partial charge in [0.15, 0.2) is 5.75 Å². The largest absolute Gasteiger partial charge is 0.488 e. The number of ether oxygens (including phenoxy) is 2. The van der Waals surface area contributed by atoms with Crippen LogP contribution in [-0.2, 0) is 9.59 Å². The number of hydrogen-bond donors (Lipinski definition) is 3. The lowest BCUT2D eigenvalue weighted by atomic mass is 10.0. The fourth-order valence-corrected chi connectivity index (χ4v) is 2.80. The van der Waals surface area contributed by atoms with Gasteiger partial charge in [0, 0.05) is 36.9 Å². The van der Waals surface area contributed by atoms with Gasteiger partial charge in [0.2, 0.25) is 0 Å². The van der Waals surface area contributed by atoms with E-state index in [0.29, 0.717) is 42.1 Å². The number of carboxylic acid groups (broad SMARTS) is 2. The van der Waals surface area contributed by atoms with Gasteiger partial charge < -0.3 is 25.0 Å². The Kier molecular flexibility index (Phi) is 9.73. The molecular weight excluding hydrogens is 431 g/mol. The molecule has 0 bridgehead atoms. The number of nitrogens with one attached hydrogen (secondary N) is 1. The molecule has 1 fully saturated rings. The highest BCUT2D eigenvalue weighted by Gasteiger charge is 2.15. The zero-order chi connectivity index (χ0) is 22.6. The van der Waals surface area contributed by atoms with Crippen LogP contribution >= 0.6 is 11.6 Å². The Hall–Kier alpha value is -3.17. The van der Waals surface area contributed by atoms with E-state index < -0.39 is 17.8 Å². The van der Waals surface area contributed by atoms with E-state index in [1.165, 1.54) is 24.6 Å². The van der Waals surface area contributed by atoms with Gasteiger partial charge in [-0.25, -0.2) is 19.0 Å². The van der Waals surface area contributed by atoms with E-state index in [2.05, 4.69) is 10.3 Å². The van der Waals surface area contributed by atoms with E-state index in [1.807, 2.05) is 6.07 Å². The maximum atomic E-state index is 13.2. The van der Waals surface area contributed by atoms with Crippen molar-refractivity contribution < 1.29 is 33.7 Å². The van der Waals surface area contributed by atoms with E-state index >= 15 is 0 Å². The van der Waals surface area contributed by atoms with Crippen LogP contribution in [0.2, 0.25) is 5.02 Å². The summed E-state index contributed by atoms with van der Waals surface area (Å²) in [6.07, 6.45) is 5.05. The van der Waals surface area contributed by atoms with Crippen molar-refractivity contribution in [3.05, 3.63) is 59.5 Å². The standard InChI is InChI=1S/C17H18ClFN2O2.C4H4O4/c18-14-9-13(5-6-15(14)19)23-17-16(4-2-8-21-17)22-11-12-3-1-7-20-10-12;5-3(6)1-2-4(7)8/h2,4-6,8-9,12,20H,1,3,7,10-11H2;1-2H,(H,5,6)(H,7,8)/b;2-1+/t12-;/m0./s1. The van der Waals surface area contributed by atoms with Gasteiger partial charge in [-0.05, 0) is 43.7 Å². The summed E-state index contributed by atoms with van der Waals surface area (Å²) in [6, 6.07) is 7.78. The third kappa shape index (κ3) is 9.02. The number of carboxylic acids is 2. The van der Waals surface area contributed by atoms with Gasteiger partial charge in [0.05, 0.1) is 11.6 Å². The molecular formula is C21H22ClFN2O6. The normalized spacial score (nSPS) is 15.6. The highest BCUT2D eigenvalue weighted by atomic mass is 35.5. The number of piperidine rings is 1. The first-order valence-electron chi connectivity index (χ1n) is 9.40. The lowest BCUT2D eigenvalue weighted by Gasteiger charge is -2.23. The van der Waals surface area contributed by atoms with Gasteiger partial charge in [-0.3, -0.25) is 0 Å². The summed E-state index contributed by atoms with van der Waals surface area (Å²) in [7, 11) is 0. The Morgan fingerprint density at radius 3 is 2.61 bits per heavy atom. The Labute approximate surface area is 183 Å². The summed E-state index contributed by atoms with van der Waals surface area (Å²) in [5.41, 5.74) is 0. The molecule has 0 amide bonds. The van der Waals surface area contributed by atoms with Crippen molar-refractivity contribution in [2.45, 2.75) is 12.8 Å². The number of halogens is 2. The first kappa shape index (κ1) is 24.1. The number of carbonyl (C=O) groups is 2. The average Bonchev–Trinajstić information content (AvgIpc) is 2.75. The van der Waals surface area contributed by atoms with Crippen LogP contribution in [0.15, 0.2) is 48.7 Å². The number of nitrogens with zero attached hydrogens (tertiary/aromatic N) is 1. The molecule has 0 radical (unpaired) electrons. The minimum Gasteiger partial charge on any atom is -0.488 e. The number of aliphatic carboxylic acids is 2. The van der Waals surface area contributed by atoms with Crippen molar-refractivity contribution in [3.8, 4) is 17.4 Å². The van der Waals surface area contributed by atoms with E-state index in [4.69, 9.17) is 31.3 Å². The van der Waals surface area contributed by atoms with Gasteiger partial charge in [-0.1, -0.05) is 11.6 Å². The van der Waals surface area contributed by atoms with Crippen LogP contribution in [0.4, 0.5) is 4.39 Å². The molecule has 0 unspecified atom stereocenters. The molecule has 1 atom stereocenters. The minimum absolute atomic E-state index is 0.00850. The number of benzene rings is 1. The summed E-state index contributed by atoms with van der Waals surface area (Å²) >= 11 is 5.77. The third-order valence-electron chi connectivity index (χ3n) is 4.08. The lowest BCUT2D eigenvalue weighted by Crippen LogP contribution is -2.33. The Morgan fingerprint density at radius 2 is 2.00 bits per heavy atom. The van der Waals surface area contributed by atoms with Gasteiger partial charge in [0.25, 0.3) is 5.88 Å². The molecule has 8 nitrogen and oxygen atoms in total. The first-order valence-corrected chi connectivity index (χ1v) is 9.78. The summed E-state index contributed by atoms with van der Waals surface area (Å²) < 4.78 is 24.8. The number of rotatable bonds is 7. The maximum absolute atomic E-state index is 13.2. The summed E-state index contributed by atoms with van der Waals surface area (Å²) in [4.78, 5) is 23.3. The van der Waals surface area contributed by atoms with E-state index in [0.717, 1.165) is 19.5 Å². The molecule has 3 rings (SSSR count). The molecule has 3 N–H and O–H groups in total. The van der Waals surface area contributed by atoms with E-state index in [-0.39, 0.29) is 5.02 Å². The highest BCUT2D eigenvalue weighted by molar-refractivity contribution is 6.30. The number of pyridine rings is 1. The Morgan fingerprint density at radius 1 is 1.26 bits per heavy atom. The number of aromatic nitrogens is 1. The van der Waals surface area contributed by atoms with Gasteiger partial charge >= 0.3 is 11.9 Å². The average molecular weight is 453 g/mol. The molecule has 10 heteroatoms. The first-order chi connectivity index (χ1) is 14.8. The fraction of sp³-hybridized carbons (Fsp3) is 0.286. The fourth-order valence-electron chi connectivity index (χ4n) is 2.63. The smallest absolute Gasteiger partial charge is 0.328 e. The van der Waals surface area contributed by atoms with E-state index in [9.17, 15) is 14.0 Å². The molecule has 0 saturated carbocycles. The molecule has 31 heavy (non-hydrogen) atoms. The molecule has 2 aromatic rings. The van der Waals surface area contributed by atoms with Crippen LogP contribution in [0, 0.1) is 11.7 Å². The molecule has 166 valence electrons. The SMILES string of the molecule is Fc1ccc(Oc2ncccc2OC[C@H]2CCCNC2)cc1Cl.O=C(O)/C=C/C(=O)O. The van der Waals surface area contributed by atoms with Crippen molar-refractivity contribution in [2.24, 2.45) is 5.92 Å². The summed E-state index contributed by atoms with van der Waals surface area (Å²) in [5, 5.41) is 19.0. The monoisotopic (exact) mass is 452 g/mol. The van der Waals surface area contributed by atoms with Crippen LogP contribution in [0.25, 0.3) is 0 Å². The predicted molar refractivity (Wildman–Crippen MR) is 111 cm³/mol. The summed E-state index contributed by atoms with van der Waals surface area (Å²) in [6.45, 7) is 2.65. The van der Waals surface area contributed by atoms with Gasteiger partial charge in [-0.15, -0.1) is 0 Å². The molecule has 0 aliphatic carbocycles. The zero-order valence-corrected chi connectivity index (χ0v) is 17.2. The van der Waals surface area contributed by atoms with Crippen molar-refractivity contribution in [3.63, 3.8) is 0 Å². The second kappa shape index (κ2) is 12.5. The van der Waals surface area contributed by atoms with Crippen LogP contribution in [0.3, 0.4) is 0 Å². The Balaban J connectivity index is 0.000000366. The topological polar surface area (TPSA) is 118 Å². The third-order valence-corrected chi connectivity index (χ3v) is 4.37. The predicted octanol–water partition coefficient (Wildman–Crippen LogP) is 3.76. The van der Waals surface area contributed by atoms with Crippen LogP contribution in [0.5, 0.6) is 17.4 Å². The molecule has 1 aromatic heterocycles.